The van der Waals surface area contributed by atoms with E-state index in [2.05, 4.69) is 33.5 Å². The molecule has 0 atom stereocenters. The summed E-state index contributed by atoms with van der Waals surface area (Å²) in [4.78, 5) is 8.94. The highest BCUT2D eigenvalue weighted by Crippen LogP contribution is 2.21. The van der Waals surface area contributed by atoms with Crippen LogP contribution in [0.1, 0.15) is 28.9 Å². The second-order valence-electron chi connectivity index (χ2n) is 4.90. The Morgan fingerprint density at radius 3 is 2.90 bits per heavy atom. The number of thiazole rings is 1. The van der Waals surface area contributed by atoms with Crippen molar-refractivity contribution in [2.75, 3.05) is 0 Å². The van der Waals surface area contributed by atoms with Gasteiger partial charge in [-0.1, -0.05) is 13.3 Å². The molecule has 5 nitrogen and oxygen atoms in total. The highest BCUT2D eigenvalue weighted by atomic mass is 32.1. The average molecular weight is 307 g/mol. The number of fused-ring (bicyclic) bond motifs is 1. The first-order chi connectivity index (χ1) is 9.60. The van der Waals surface area contributed by atoms with Gasteiger partial charge in [0.15, 0.2) is 10.4 Å². The van der Waals surface area contributed by atoms with Crippen molar-refractivity contribution in [2.45, 2.75) is 33.2 Å². The number of aromatic nitrogens is 5. The van der Waals surface area contributed by atoms with Gasteiger partial charge in [-0.25, -0.2) is 4.98 Å². The Bertz CT molecular complexity index is 805. The van der Waals surface area contributed by atoms with E-state index in [0.29, 0.717) is 6.54 Å². The summed E-state index contributed by atoms with van der Waals surface area (Å²) < 4.78 is 4.72. The number of nitrogens with zero attached hydrogens (tertiary/aromatic N) is 4. The van der Waals surface area contributed by atoms with E-state index < -0.39 is 0 Å². The van der Waals surface area contributed by atoms with Crippen molar-refractivity contribution in [3.8, 4) is 0 Å². The Morgan fingerprint density at radius 1 is 1.45 bits per heavy atom. The molecule has 0 aliphatic rings. The summed E-state index contributed by atoms with van der Waals surface area (Å²) in [6.45, 7) is 4.92. The number of hydrogen-bond donors (Lipinski definition) is 1. The van der Waals surface area contributed by atoms with Crippen molar-refractivity contribution in [1.29, 1.82) is 0 Å². The number of hydrogen-bond acceptors (Lipinski definition) is 4. The van der Waals surface area contributed by atoms with Crippen molar-refractivity contribution in [1.82, 2.24) is 24.3 Å². The number of rotatable bonds is 4. The Balaban J connectivity index is 2.10. The largest absolute Gasteiger partial charge is 0.328 e. The van der Waals surface area contributed by atoms with E-state index in [1.165, 1.54) is 4.88 Å². The second kappa shape index (κ2) is 5.14. The highest BCUT2D eigenvalue weighted by Gasteiger charge is 2.15. The normalized spacial score (nSPS) is 11.6. The average Bonchev–Trinajstić information content (AvgIpc) is 3.02. The zero-order valence-corrected chi connectivity index (χ0v) is 13.4. The monoisotopic (exact) mass is 307 g/mol. The van der Waals surface area contributed by atoms with Crippen LogP contribution in [0.4, 0.5) is 0 Å². The summed E-state index contributed by atoms with van der Waals surface area (Å²) in [5, 5.41) is 5.66. The number of imidazole rings is 1. The van der Waals surface area contributed by atoms with Crippen LogP contribution in [0.25, 0.3) is 11.2 Å². The molecule has 0 bridgehead atoms. The minimum atomic E-state index is 0.697. The molecular weight excluding hydrogens is 290 g/mol. The fraction of sp³-hybridized carbons (Fsp3) is 0.462. The van der Waals surface area contributed by atoms with Crippen LogP contribution in [0.5, 0.6) is 0 Å². The molecule has 0 aliphatic carbocycles. The van der Waals surface area contributed by atoms with E-state index in [9.17, 15) is 0 Å². The summed E-state index contributed by atoms with van der Waals surface area (Å²) in [5.74, 6) is 0. The molecular formula is C13H17N5S2. The lowest BCUT2D eigenvalue weighted by molar-refractivity contribution is 0.701. The van der Waals surface area contributed by atoms with Crippen molar-refractivity contribution < 1.29 is 0 Å². The molecule has 0 fully saturated rings. The van der Waals surface area contributed by atoms with Gasteiger partial charge < -0.3 is 4.98 Å². The second-order valence-corrected chi connectivity index (χ2v) is 6.61. The van der Waals surface area contributed by atoms with Crippen molar-refractivity contribution in [3.63, 3.8) is 0 Å². The van der Waals surface area contributed by atoms with Gasteiger partial charge in [-0.05, 0) is 25.6 Å². The molecule has 106 valence electrons. The van der Waals surface area contributed by atoms with Crippen LogP contribution in [0, 0.1) is 11.7 Å². The number of H-pyrrole nitrogens is 1. The Kier molecular flexibility index (Phi) is 3.47. The molecule has 7 heteroatoms. The fourth-order valence-electron chi connectivity index (χ4n) is 2.45. The topological polar surface area (TPSA) is 51.4 Å². The van der Waals surface area contributed by atoms with Gasteiger partial charge in [-0.2, -0.15) is 5.10 Å². The molecule has 0 aromatic carbocycles. The van der Waals surface area contributed by atoms with E-state index in [4.69, 9.17) is 12.2 Å². The van der Waals surface area contributed by atoms with Crippen LogP contribution in [-0.2, 0) is 20.0 Å². The van der Waals surface area contributed by atoms with Gasteiger partial charge in [0.2, 0.25) is 0 Å². The van der Waals surface area contributed by atoms with Gasteiger partial charge in [0.1, 0.15) is 10.5 Å². The van der Waals surface area contributed by atoms with E-state index in [1.54, 1.807) is 11.3 Å². The van der Waals surface area contributed by atoms with Gasteiger partial charge in [-0.3, -0.25) is 9.25 Å². The Morgan fingerprint density at radius 2 is 2.25 bits per heavy atom. The lowest BCUT2D eigenvalue weighted by Gasteiger charge is -2.01. The molecule has 0 radical (unpaired) electrons. The molecule has 0 saturated heterocycles. The van der Waals surface area contributed by atoms with E-state index in [1.807, 2.05) is 17.9 Å². The maximum Gasteiger partial charge on any atom is 0.179 e. The third kappa shape index (κ3) is 2.20. The smallest absolute Gasteiger partial charge is 0.179 e. The van der Waals surface area contributed by atoms with Crippen molar-refractivity contribution in [2.24, 2.45) is 7.05 Å². The molecule has 0 saturated carbocycles. The molecule has 0 spiro atoms. The maximum absolute atomic E-state index is 5.46. The minimum Gasteiger partial charge on any atom is -0.328 e. The lowest BCUT2D eigenvalue weighted by Crippen LogP contribution is -2.04. The summed E-state index contributed by atoms with van der Waals surface area (Å²) in [6.07, 6.45) is 3.94. The zero-order chi connectivity index (χ0) is 14.3. The fourth-order valence-corrected chi connectivity index (χ4v) is 3.48. The summed E-state index contributed by atoms with van der Waals surface area (Å²) in [5.41, 5.74) is 3.20. The van der Waals surface area contributed by atoms with Crippen LogP contribution < -0.4 is 0 Å². The number of nitrogens with one attached hydrogen (secondary N) is 1. The molecule has 3 rings (SSSR count). The van der Waals surface area contributed by atoms with Gasteiger partial charge in [0.25, 0.3) is 0 Å². The molecule has 20 heavy (non-hydrogen) atoms. The standard InChI is InChI=1S/C13H17N5S2/c1-4-5-9-11-12(17(3)16-9)18(13(19)15-11)7-10-14-6-8(2)20-10/h6H,4-5,7H2,1-3H3,(H,15,19). The van der Waals surface area contributed by atoms with Crippen molar-refractivity contribution in [3.05, 3.63) is 26.5 Å². The number of aryl methyl sites for hydroxylation is 3. The van der Waals surface area contributed by atoms with Crippen LogP contribution in [0.3, 0.4) is 0 Å². The summed E-state index contributed by atoms with van der Waals surface area (Å²) >= 11 is 7.16. The van der Waals surface area contributed by atoms with Crippen LogP contribution >= 0.6 is 23.6 Å². The van der Waals surface area contributed by atoms with E-state index >= 15 is 0 Å². The molecule has 0 aliphatic heterocycles. The van der Waals surface area contributed by atoms with Gasteiger partial charge in [-0.15, -0.1) is 11.3 Å². The quantitative estimate of drug-likeness (QED) is 0.753. The molecule has 3 aromatic rings. The van der Waals surface area contributed by atoms with Gasteiger partial charge in [0.05, 0.1) is 12.2 Å². The first-order valence-corrected chi connectivity index (χ1v) is 7.88. The molecule has 0 amide bonds. The molecule has 3 aromatic heterocycles. The van der Waals surface area contributed by atoms with Gasteiger partial charge in [0, 0.05) is 18.1 Å². The maximum atomic E-state index is 5.46. The molecule has 0 unspecified atom stereocenters. The minimum absolute atomic E-state index is 0.697. The van der Waals surface area contributed by atoms with Crippen LogP contribution in [-0.4, -0.2) is 24.3 Å². The van der Waals surface area contributed by atoms with E-state index in [-0.39, 0.29) is 0 Å². The zero-order valence-electron chi connectivity index (χ0n) is 11.8. The first kappa shape index (κ1) is 13.5. The summed E-state index contributed by atoms with van der Waals surface area (Å²) in [7, 11) is 1.97. The Labute approximate surface area is 126 Å². The van der Waals surface area contributed by atoms with Crippen LogP contribution in [0.15, 0.2) is 6.20 Å². The third-order valence-corrected chi connectivity index (χ3v) is 4.49. The highest BCUT2D eigenvalue weighted by molar-refractivity contribution is 7.71. The Hall–Kier alpha value is -1.47. The van der Waals surface area contributed by atoms with Gasteiger partial charge >= 0.3 is 0 Å². The number of aromatic amines is 1. The van der Waals surface area contributed by atoms with E-state index in [0.717, 1.165) is 39.5 Å². The first-order valence-electron chi connectivity index (χ1n) is 6.65. The lowest BCUT2D eigenvalue weighted by atomic mass is 10.2. The summed E-state index contributed by atoms with van der Waals surface area (Å²) in [6, 6.07) is 0. The predicted molar refractivity (Wildman–Crippen MR) is 83.8 cm³/mol. The molecule has 1 N–H and O–H groups in total. The third-order valence-electron chi connectivity index (χ3n) is 3.27. The SMILES string of the molecule is CCCc1nn(C)c2c1[nH]c(=S)n2Cc1ncc(C)s1. The molecule has 3 heterocycles. The van der Waals surface area contributed by atoms with Crippen molar-refractivity contribution >= 4 is 34.7 Å². The van der Waals surface area contributed by atoms with Crippen LogP contribution in [0.2, 0.25) is 0 Å². The predicted octanol–water partition coefficient (Wildman–Crippen LogP) is 3.20.